The number of likely N-dealkylation sites (tertiary alicyclic amines) is 1. The number of nitrogens with one attached hydrogen (secondary N) is 4. The van der Waals surface area contributed by atoms with Crippen molar-refractivity contribution < 1.29 is 14.0 Å². The first kappa shape index (κ1) is 31.6. The molecule has 8 unspecified atom stereocenters. The van der Waals surface area contributed by atoms with Crippen LogP contribution in [-0.2, 0) is 9.59 Å². The van der Waals surface area contributed by atoms with Crippen molar-refractivity contribution in [3.05, 3.63) is 0 Å². The predicted octanol–water partition coefficient (Wildman–Crippen LogP) is 0.479. The molecule has 2 amide bonds. The number of carbonyl (C=O) groups is 2. The Kier molecular flexibility index (Phi) is 9.96. The minimum atomic E-state index is -0.938. The van der Waals surface area contributed by atoms with Crippen molar-refractivity contribution >= 4 is 11.8 Å². The molecule has 8 atom stereocenters. The fraction of sp³-hybridized carbons (Fsp3) is 0.938. The van der Waals surface area contributed by atoms with Crippen LogP contribution in [0, 0.1) is 23.2 Å². The van der Waals surface area contributed by atoms with Crippen molar-refractivity contribution in [1.82, 2.24) is 36.0 Å². The number of nitrogens with zero attached hydrogens (tertiary/aromatic N) is 3. The highest BCUT2D eigenvalue weighted by atomic mass is 19.1. The second kappa shape index (κ2) is 13.5. The van der Waals surface area contributed by atoms with E-state index in [0.29, 0.717) is 24.8 Å². The number of nitrogens with two attached hydrogens (primary N) is 1. The summed E-state index contributed by atoms with van der Waals surface area (Å²) in [4.78, 5) is 34.4. The lowest BCUT2D eigenvalue weighted by atomic mass is 9.64. The molecule has 0 aromatic carbocycles. The molecular formula is C32H57FN8O2. The first-order chi connectivity index (χ1) is 20.7. The SMILES string of the molecule is CC1CNCC(NC(=O)C2C(N)NC3CC(F)CNC2CC32CCCCC2)C1N1CCC(C(=O)N2CCN(C)CC2)CC1. The van der Waals surface area contributed by atoms with E-state index >= 15 is 4.39 Å². The molecule has 6 aliphatic rings. The van der Waals surface area contributed by atoms with Crippen LogP contribution in [0.2, 0.25) is 0 Å². The highest BCUT2D eigenvalue weighted by molar-refractivity contribution is 5.81. The first-order valence-electron chi connectivity index (χ1n) is 17.4. The molecule has 6 fully saturated rings. The van der Waals surface area contributed by atoms with Crippen molar-refractivity contribution in [2.75, 3.05) is 66.0 Å². The predicted molar refractivity (Wildman–Crippen MR) is 166 cm³/mol. The smallest absolute Gasteiger partial charge is 0.227 e. The number of halogens is 1. The summed E-state index contributed by atoms with van der Waals surface area (Å²) >= 11 is 0. The van der Waals surface area contributed by atoms with Gasteiger partial charge in [-0.1, -0.05) is 26.2 Å². The average Bonchev–Trinajstić information content (AvgIpc) is 3.05. The number of fused-ring (bicyclic) bond motifs is 1. The van der Waals surface area contributed by atoms with Gasteiger partial charge in [-0.3, -0.25) is 19.8 Å². The summed E-state index contributed by atoms with van der Waals surface area (Å²) in [6.45, 7) is 9.49. The van der Waals surface area contributed by atoms with E-state index in [4.69, 9.17) is 5.73 Å². The largest absolute Gasteiger partial charge is 0.350 e. The second-order valence-electron chi connectivity index (χ2n) is 14.9. The zero-order valence-electron chi connectivity index (χ0n) is 26.5. The summed E-state index contributed by atoms with van der Waals surface area (Å²) in [6.07, 6.45) is 7.35. The second-order valence-corrected chi connectivity index (χ2v) is 14.9. The molecule has 10 nitrogen and oxygen atoms in total. The molecule has 0 aromatic rings. The Bertz CT molecular complexity index is 965. The van der Waals surface area contributed by atoms with Gasteiger partial charge in [-0.25, -0.2) is 4.39 Å². The molecule has 6 N–H and O–H groups in total. The van der Waals surface area contributed by atoms with E-state index in [0.717, 1.165) is 77.9 Å². The molecular weight excluding hydrogens is 547 g/mol. The first-order valence-corrected chi connectivity index (χ1v) is 17.4. The van der Waals surface area contributed by atoms with Crippen molar-refractivity contribution in [2.45, 2.75) is 101 Å². The number of hydrogen-bond donors (Lipinski definition) is 5. The molecule has 5 saturated heterocycles. The van der Waals surface area contributed by atoms with E-state index in [2.05, 4.69) is 49.9 Å². The van der Waals surface area contributed by atoms with Gasteiger partial charge in [0.05, 0.1) is 18.1 Å². The summed E-state index contributed by atoms with van der Waals surface area (Å²) in [7, 11) is 2.12. The van der Waals surface area contributed by atoms with Gasteiger partial charge < -0.3 is 31.5 Å². The maximum atomic E-state index is 15.0. The molecule has 0 radical (unpaired) electrons. The lowest BCUT2D eigenvalue weighted by Crippen LogP contribution is -2.66. The quantitative estimate of drug-likeness (QED) is 0.315. The van der Waals surface area contributed by atoms with Crippen molar-refractivity contribution in [2.24, 2.45) is 28.9 Å². The number of hydrogen-bond acceptors (Lipinski definition) is 8. The highest BCUT2D eigenvalue weighted by Gasteiger charge is 2.51. The Morgan fingerprint density at radius 3 is 2.42 bits per heavy atom. The van der Waals surface area contributed by atoms with Crippen LogP contribution in [0.15, 0.2) is 0 Å². The minimum Gasteiger partial charge on any atom is -0.350 e. The van der Waals surface area contributed by atoms with Gasteiger partial charge in [-0.15, -0.1) is 0 Å². The maximum absolute atomic E-state index is 15.0. The zero-order chi connectivity index (χ0) is 30.1. The van der Waals surface area contributed by atoms with Crippen LogP contribution in [0.3, 0.4) is 0 Å². The minimum absolute atomic E-state index is 0.00264. The van der Waals surface area contributed by atoms with Gasteiger partial charge in [0, 0.05) is 63.3 Å². The van der Waals surface area contributed by atoms with Crippen molar-refractivity contribution in [1.29, 1.82) is 0 Å². The summed E-state index contributed by atoms with van der Waals surface area (Å²) in [5, 5.41) is 14.1. The van der Waals surface area contributed by atoms with Crippen LogP contribution >= 0.6 is 0 Å². The van der Waals surface area contributed by atoms with Crippen LogP contribution in [-0.4, -0.2) is 129 Å². The fourth-order valence-corrected chi connectivity index (χ4v) is 9.62. The number of alkyl halides is 1. The summed E-state index contributed by atoms with van der Waals surface area (Å²) in [5.74, 6) is 0.307. The number of piperazine rings is 1. The van der Waals surface area contributed by atoms with Gasteiger partial charge in [0.25, 0.3) is 0 Å². The lowest BCUT2D eigenvalue weighted by Gasteiger charge is -2.47. The molecule has 1 saturated carbocycles. The van der Waals surface area contributed by atoms with Gasteiger partial charge in [0.2, 0.25) is 11.8 Å². The van der Waals surface area contributed by atoms with Crippen LogP contribution in [0.25, 0.3) is 0 Å². The molecule has 5 heterocycles. The third-order valence-electron chi connectivity index (χ3n) is 12.1. The molecule has 1 spiro atoms. The standard InChI is InChI=1S/C32H57FN8O2/c1-21-18-35-20-25(28(21)40-10-6-22(7-11-40)31(43)41-14-12-39(2)13-15-41)37-30(42)27-24-17-32(8-4-3-5-9-32)26(38-29(27)34)16-23(33)19-36-24/h21-29,35-36,38H,3-20,34H2,1-2H3,(H,37,42). The van der Waals surface area contributed by atoms with Gasteiger partial charge in [-0.2, -0.15) is 0 Å². The zero-order valence-corrected chi connectivity index (χ0v) is 26.5. The van der Waals surface area contributed by atoms with Gasteiger partial charge in [-0.05, 0) is 76.5 Å². The Hall–Kier alpha value is -1.37. The normalized spacial score (nSPS) is 40.0. The van der Waals surface area contributed by atoms with E-state index in [-0.39, 0.29) is 48.0 Å². The van der Waals surface area contributed by atoms with Crippen molar-refractivity contribution in [3.63, 3.8) is 0 Å². The molecule has 244 valence electrons. The monoisotopic (exact) mass is 604 g/mol. The molecule has 43 heavy (non-hydrogen) atoms. The van der Waals surface area contributed by atoms with Crippen LogP contribution < -0.4 is 27.0 Å². The lowest BCUT2D eigenvalue weighted by molar-refractivity contribution is -0.139. The van der Waals surface area contributed by atoms with Crippen LogP contribution in [0.5, 0.6) is 0 Å². The molecule has 11 heteroatoms. The van der Waals surface area contributed by atoms with Gasteiger partial charge in [0.15, 0.2) is 0 Å². The average molecular weight is 605 g/mol. The number of likely N-dealkylation sites (N-methyl/N-ethyl adjacent to an activating group) is 1. The summed E-state index contributed by atoms with van der Waals surface area (Å²) in [6, 6.07) is 0.0254. The summed E-state index contributed by atoms with van der Waals surface area (Å²) < 4.78 is 15.0. The molecule has 2 bridgehead atoms. The molecule has 6 rings (SSSR count). The number of carbonyl (C=O) groups excluding carboxylic acids is 2. The van der Waals surface area contributed by atoms with Crippen LogP contribution in [0.1, 0.15) is 64.7 Å². The Balaban J connectivity index is 1.12. The Labute approximate surface area is 257 Å². The number of amides is 2. The highest BCUT2D eigenvalue weighted by Crippen LogP contribution is 2.48. The number of piperidine rings is 2. The fourth-order valence-electron chi connectivity index (χ4n) is 9.62. The van der Waals surface area contributed by atoms with Crippen molar-refractivity contribution in [3.8, 4) is 0 Å². The van der Waals surface area contributed by atoms with Gasteiger partial charge >= 0.3 is 0 Å². The van der Waals surface area contributed by atoms with E-state index in [9.17, 15) is 9.59 Å². The molecule has 1 aliphatic carbocycles. The topological polar surface area (TPSA) is 118 Å². The number of rotatable bonds is 4. The Morgan fingerprint density at radius 1 is 0.977 bits per heavy atom. The maximum Gasteiger partial charge on any atom is 0.227 e. The van der Waals surface area contributed by atoms with E-state index in [1.54, 1.807) is 0 Å². The van der Waals surface area contributed by atoms with E-state index < -0.39 is 18.3 Å². The molecule has 0 aromatic heterocycles. The van der Waals surface area contributed by atoms with E-state index in [1.165, 1.54) is 19.3 Å². The third kappa shape index (κ3) is 6.77. The third-order valence-corrected chi connectivity index (χ3v) is 12.1. The van der Waals surface area contributed by atoms with Crippen LogP contribution in [0.4, 0.5) is 4.39 Å². The molecule has 5 aliphatic heterocycles. The Morgan fingerprint density at radius 2 is 1.70 bits per heavy atom. The summed E-state index contributed by atoms with van der Waals surface area (Å²) in [5.41, 5.74) is 6.80. The van der Waals surface area contributed by atoms with Gasteiger partial charge in [0.1, 0.15) is 6.17 Å². The van der Waals surface area contributed by atoms with E-state index in [1.807, 2.05) is 0 Å².